The van der Waals surface area contributed by atoms with Crippen LogP contribution in [0.3, 0.4) is 0 Å². The van der Waals surface area contributed by atoms with Crippen LogP contribution in [0.1, 0.15) is 0 Å². The van der Waals surface area contributed by atoms with Crippen LogP contribution in [-0.4, -0.2) is 28.0 Å². The van der Waals surface area contributed by atoms with E-state index < -0.39 is 28.3 Å². The van der Waals surface area contributed by atoms with Crippen molar-refractivity contribution in [3.05, 3.63) is 82.0 Å². The molecule has 0 spiro atoms. The van der Waals surface area contributed by atoms with E-state index in [1.165, 1.54) is 25.3 Å². The van der Waals surface area contributed by atoms with Gasteiger partial charge in [-0.2, -0.15) is 0 Å². The average molecular weight is 528 g/mol. The van der Waals surface area contributed by atoms with Crippen LogP contribution >= 0.6 is 27.5 Å². The summed E-state index contributed by atoms with van der Waals surface area (Å²) in [4.78, 5) is 12.5. The first-order chi connectivity index (χ1) is 14.7. The first-order valence-corrected chi connectivity index (χ1v) is 11.5. The zero-order chi connectivity index (χ0) is 22.6. The summed E-state index contributed by atoms with van der Waals surface area (Å²) in [6.45, 7) is -0.514. The Balaban J connectivity index is 1.93. The minimum Gasteiger partial charge on any atom is -0.497 e. The third kappa shape index (κ3) is 5.55. The summed E-state index contributed by atoms with van der Waals surface area (Å²) in [5, 5.41) is 3.02. The summed E-state index contributed by atoms with van der Waals surface area (Å²) in [6.07, 6.45) is 0. The van der Waals surface area contributed by atoms with Gasteiger partial charge in [-0.25, -0.2) is 12.8 Å². The lowest BCUT2D eigenvalue weighted by atomic mass is 10.3. The molecule has 6 nitrogen and oxygen atoms in total. The maximum absolute atomic E-state index is 13.3. The molecule has 1 N–H and O–H groups in total. The zero-order valence-corrected chi connectivity index (χ0v) is 19.3. The zero-order valence-electron chi connectivity index (χ0n) is 16.2. The van der Waals surface area contributed by atoms with Crippen molar-refractivity contribution in [1.82, 2.24) is 0 Å². The molecule has 0 saturated heterocycles. The van der Waals surface area contributed by atoms with E-state index >= 15 is 0 Å². The van der Waals surface area contributed by atoms with Crippen LogP contribution in [-0.2, 0) is 14.8 Å². The topological polar surface area (TPSA) is 75.7 Å². The second-order valence-electron chi connectivity index (χ2n) is 6.34. The molecule has 0 radical (unpaired) electrons. The number of amides is 1. The van der Waals surface area contributed by atoms with E-state index in [4.69, 9.17) is 16.3 Å². The summed E-state index contributed by atoms with van der Waals surface area (Å²) in [7, 11) is -2.68. The van der Waals surface area contributed by atoms with Crippen LogP contribution in [0.5, 0.6) is 5.75 Å². The second-order valence-corrected chi connectivity index (χ2v) is 9.46. The molecule has 3 rings (SSSR count). The average Bonchev–Trinajstić information content (AvgIpc) is 2.75. The largest absolute Gasteiger partial charge is 0.497 e. The minimum atomic E-state index is -4.16. The van der Waals surface area contributed by atoms with Crippen LogP contribution < -0.4 is 14.4 Å². The van der Waals surface area contributed by atoms with E-state index in [9.17, 15) is 17.6 Å². The Morgan fingerprint density at radius 1 is 1.10 bits per heavy atom. The molecule has 0 aliphatic heterocycles. The number of hydrogen-bond acceptors (Lipinski definition) is 4. The molecule has 0 saturated carbocycles. The number of sulfonamides is 1. The number of carbonyl (C=O) groups is 1. The highest BCUT2D eigenvalue weighted by Crippen LogP contribution is 2.27. The Morgan fingerprint density at radius 3 is 2.32 bits per heavy atom. The fourth-order valence-electron chi connectivity index (χ4n) is 2.70. The number of hydrogen-bond donors (Lipinski definition) is 1. The molecule has 3 aromatic rings. The number of anilines is 2. The molecule has 1 amide bonds. The van der Waals surface area contributed by atoms with Gasteiger partial charge in [-0.3, -0.25) is 9.10 Å². The van der Waals surface area contributed by atoms with Crippen LogP contribution in [0.4, 0.5) is 15.8 Å². The fourth-order valence-corrected chi connectivity index (χ4v) is 4.55. The normalized spacial score (nSPS) is 11.1. The Hall–Kier alpha value is -2.62. The monoisotopic (exact) mass is 526 g/mol. The maximum Gasteiger partial charge on any atom is 0.264 e. The molecule has 0 aliphatic rings. The van der Waals surface area contributed by atoms with Crippen molar-refractivity contribution in [2.75, 3.05) is 23.3 Å². The molecule has 0 unspecified atom stereocenters. The van der Waals surface area contributed by atoms with Gasteiger partial charge < -0.3 is 10.1 Å². The van der Waals surface area contributed by atoms with Gasteiger partial charge in [-0.15, -0.1) is 0 Å². The summed E-state index contributed by atoms with van der Waals surface area (Å²) < 4.78 is 46.5. The molecule has 0 aliphatic carbocycles. The highest BCUT2D eigenvalue weighted by atomic mass is 79.9. The molecule has 0 heterocycles. The smallest absolute Gasteiger partial charge is 0.264 e. The number of ether oxygens (including phenoxy) is 1. The first-order valence-electron chi connectivity index (χ1n) is 8.88. The van der Waals surface area contributed by atoms with E-state index in [-0.39, 0.29) is 10.6 Å². The van der Waals surface area contributed by atoms with Gasteiger partial charge in [-0.05, 0) is 82.7 Å². The van der Waals surface area contributed by atoms with Crippen LogP contribution in [0.15, 0.2) is 76.1 Å². The van der Waals surface area contributed by atoms with Crippen molar-refractivity contribution in [2.45, 2.75) is 4.90 Å². The predicted octanol–water partition coefficient (Wildman–Crippen LogP) is 5.08. The SMILES string of the molecule is COc1ccc(N(CC(=O)Nc2ccc(Br)c(Cl)c2)S(=O)(=O)c2ccc(F)cc2)cc1. The van der Waals surface area contributed by atoms with Crippen LogP contribution in [0.2, 0.25) is 5.02 Å². The molecule has 3 aromatic carbocycles. The van der Waals surface area contributed by atoms with Crippen LogP contribution in [0, 0.1) is 5.82 Å². The minimum absolute atomic E-state index is 0.149. The van der Waals surface area contributed by atoms with E-state index in [2.05, 4.69) is 21.2 Å². The molecule has 162 valence electrons. The third-order valence-corrected chi connectivity index (χ3v) is 7.27. The number of carbonyl (C=O) groups excluding carboxylic acids is 1. The number of methoxy groups -OCH3 is 1. The number of rotatable bonds is 7. The fraction of sp³-hybridized carbons (Fsp3) is 0.0952. The third-order valence-electron chi connectivity index (χ3n) is 4.25. The Morgan fingerprint density at radius 2 is 1.74 bits per heavy atom. The molecular formula is C21H17BrClFN2O4S. The van der Waals surface area contributed by atoms with Crippen molar-refractivity contribution >= 4 is 54.8 Å². The highest BCUT2D eigenvalue weighted by molar-refractivity contribution is 9.10. The van der Waals surface area contributed by atoms with Gasteiger partial charge in [0.1, 0.15) is 18.1 Å². The van der Waals surface area contributed by atoms with Gasteiger partial charge in [0.05, 0.1) is 22.7 Å². The van der Waals surface area contributed by atoms with Gasteiger partial charge in [0.15, 0.2) is 0 Å². The van der Waals surface area contributed by atoms with E-state index in [0.29, 0.717) is 20.9 Å². The molecular weight excluding hydrogens is 511 g/mol. The second kappa shape index (κ2) is 9.67. The Kier molecular flexibility index (Phi) is 7.19. The standard InChI is InChI=1S/C21H17BrClFN2O4S/c1-30-17-7-5-16(6-8-17)26(31(28,29)18-9-2-14(24)3-10-18)13-21(27)25-15-4-11-19(22)20(23)12-15/h2-12H,13H2,1H3,(H,25,27). The lowest BCUT2D eigenvalue weighted by Gasteiger charge is -2.24. The van der Waals surface area contributed by atoms with Gasteiger partial charge in [0.25, 0.3) is 10.0 Å². The summed E-state index contributed by atoms with van der Waals surface area (Å²) in [5.41, 5.74) is 0.654. The van der Waals surface area contributed by atoms with Crippen molar-refractivity contribution in [1.29, 1.82) is 0 Å². The molecule has 0 aromatic heterocycles. The van der Waals surface area contributed by atoms with Gasteiger partial charge in [0, 0.05) is 10.2 Å². The highest BCUT2D eigenvalue weighted by Gasteiger charge is 2.27. The first kappa shape index (κ1) is 23.1. The molecule has 10 heteroatoms. The Bertz CT molecular complexity index is 1190. The molecule has 0 bridgehead atoms. The summed E-state index contributed by atoms with van der Waals surface area (Å²) in [5.74, 6) is -0.628. The summed E-state index contributed by atoms with van der Waals surface area (Å²) >= 11 is 9.31. The van der Waals surface area contributed by atoms with Gasteiger partial charge in [0.2, 0.25) is 5.91 Å². The van der Waals surface area contributed by atoms with E-state index in [0.717, 1.165) is 28.6 Å². The van der Waals surface area contributed by atoms with Crippen molar-refractivity contribution in [3.63, 3.8) is 0 Å². The lowest BCUT2D eigenvalue weighted by molar-refractivity contribution is -0.114. The van der Waals surface area contributed by atoms with Crippen molar-refractivity contribution in [3.8, 4) is 5.75 Å². The number of nitrogens with zero attached hydrogens (tertiary/aromatic N) is 1. The molecule has 0 atom stereocenters. The van der Waals surface area contributed by atoms with Crippen LogP contribution in [0.25, 0.3) is 0 Å². The maximum atomic E-state index is 13.3. The van der Waals surface area contributed by atoms with E-state index in [1.807, 2.05) is 0 Å². The van der Waals surface area contributed by atoms with Crippen molar-refractivity contribution < 1.29 is 22.3 Å². The lowest BCUT2D eigenvalue weighted by Crippen LogP contribution is -2.38. The van der Waals surface area contributed by atoms with E-state index in [1.54, 1.807) is 24.3 Å². The Labute approximate surface area is 192 Å². The molecule has 0 fully saturated rings. The quantitative estimate of drug-likeness (QED) is 0.465. The number of benzene rings is 3. The number of halogens is 3. The molecule has 31 heavy (non-hydrogen) atoms. The van der Waals surface area contributed by atoms with Crippen molar-refractivity contribution in [2.24, 2.45) is 0 Å². The van der Waals surface area contributed by atoms with Gasteiger partial charge >= 0.3 is 0 Å². The van der Waals surface area contributed by atoms with Gasteiger partial charge in [-0.1, -0.05) is 11.6 Å². The number of nitrogens with one attached hydrogen (secondary N) is 1. The summed E-state index contributed by atoms with van der Waals surface area (Å²) in [6, 6.07) is 15.4. The predicted molar refractivity (Wildman–Crippen MR) is 122 cm³/mol.